The molecule has 0 unspecified atom stereocenters. The molecular formula is C7H14N2S. The third kappa shape index (κ3) is 3.06. The van der Waals surface area contributed by atoms with Gasteiger partial charge in [-0.05, 0) is 40.2 Å². The van der Waals surface area contributed by atoms with Crippen LogP contribution in [0.2, 0.25) is 0 Å². The molecule has 58 valence electrons. The first-order valence-corrected chi connectivity index (χ1v) is 3.62. The van der Waals surface area contributed by atoms with Crippen molar-refractivity contribution in [2.45, 2.75) is 19.4 Å². The Morgan fingerprint density at radius 3 is 2.30 bits per heavy atom. The van der Waals surface area contributed by atoms with E-state index < -0.39 is 0 Å². The molecule has 0 aromatic rings. The number of likely N-dealkylation sites (N-methyl/N-ethyl adjacent to an activating group) is 1. The first-order valence-electron chi connectivity index (χ1n) is 3.22. The Kier molecular flexibility index (Phi) is 3.72. The summed E-state index contributed by atoms with van der Waals surface area (Å²) in [6.07, 6.45) is 0. The van der Waals surface area contributed by atoms with Crippen LogP contribution in [0.1, 0.15) is 13.8 Å². The van der Waals surface area contributed by atoms with E-state index in [0.29, 0.717) is 6.54 Å². The van der Waals surface area contributed by atoms with Gasteiger partial charge in [-0.3, -0.25) is 0 Å². The molecule has 0 aliphatic carbocycles. The average Bonchev–Trinajstić information content (AvgIpc) is 1.84. The summed E-state index contributed by atoms with van der Waals surface area (Å²) in [5, 5.41) is 2.36. The van der Waals surface area contributed by atoms with Gasteiger partial charge in [0.25, 0.3) is 0 Å². The lowest BCUT2D eigenvalue weighted by Gasteiger charge is -2.30. The van der Waals surface area contributed by atoms with E-state index in [-0.39, 0.29) is 5.54 Å². The van der Waals surface area contributed by atoms with E-state index in [1.165, 1.54) is 0 Å². The quantitative estimate of drug-likeness (QED) is 0.456. The molecule has 0 saturated heterocycles. The zero-order valence-electron chi connectivity index (χ0n) is 7.01. The van der Waals surface area contributed by atoms with E-state index in [2.05, 4.69) is 41.1 Å². The molecule has 0 bridgehead atoms. The molecule has 0 saturated carbocycles. The number of rotatable bonds is 3. The van der Waals surface area contributed by atoms with Gasteiger partial charge in [-0.25, -0.2) is 4.99 Å². The molecule has 0 amide bonds. The summed E-state index contributed by atoms with van der Waals surface area (Å²) in [6, 6.07) is 0. The van der Waals surface area contributed by atoms with Crippen LogP contribution in [0.5, 0.6) is 0 Å². The fraction of sp³-hybridized carbons (Fsp3) is 0.857. The van der Waals surface area contributed by atoms with E-state index >= 15 is 0 Å². The molecule has 0 heterocycles. The smallest absolute Gasteiger partial charge is 0.0671 e. The van der Waals surface area contributed by atoms with E-state index in [9.17, 15) is 0 Å². The number of aliphatic imine (C=N–C) groups is 1. The third-order valence-corrected chi connectivity index (χ3v) is 1.87. The van der Waals surface area contributed by atoms with Crippen molar-refractivity contribution in [3.05, 3.63) is 0 Å². The largest absolute Gasteiger partial charge is 0.302 e. The Morgan fingerprint density at radius 1 is 1.50 bits per heavy atom. The number of hydrogen-bond acceptors (Lipinski definition) is 3. The highest BCUT2D eigenvalue weighted by Crippen LogP contribution is 2.08. The minimum atomic E-state index is 0.0891. The third-order valence-electron chi connectivity index (χ3n) is 1.74. The monoisotopic (exact) mass is 158 g/mol. The second-order valence-corrected chi connectivity index (χ2v) is 3.30. The van der Waals surface area contributed by atoms with Gasteiger partial charge < -0.3 is 4.90 Å². The summed E-state index contributed by atoms with van der Waals surface area (Å²) < 4.78 is 0. The van der Waals surface area contributed by atoms with E-state index in [1.54, 1.807) is 0 Å². The molecule has 0 aromatic carbocycles. The number of nitrogens with zero attached hydrogens (tertiary/aromatic N) is 2. The van der Waals surface area contributed by atoms with Crippen molar-refractivity contribution in [2.24, 2.45) is 4.99 Å². The van der Waals surface area contributed by atoms with Crippen LogP contribution in [0.3, 0.4) is 0 Å². The Morgan fingerprint density at radius 2 is 2.00 bits per heavy atom. The lowest BCUT2D eigenvalue weighted by Crippen LogP contribution is -2.40. The maximum Gasteiger partial charge on any atom is 0.0671 e. The lowest BCUT2D eigenvalue weighted by atomic mass is 10.1. The van der Waals surface area contributed by atoms with E-state index in [1.807, 2.05) is 14.1 Å². The standard InChI is InChI=1S/C7H14N2S/c1-7(2,9(3)4)5-8-6-10/h5H2,1-4H3. The summed E-state index contributed by atoms with van der Waals surface area (Å²) in [6.45, 7) is 4.94. The van der Waals surface area contributed by atoms with Crippen LogP contribution >= 0.6 is 12.2 Å². The number of isothiocyanates is 1. The van der Waals surface area contributed by atoms with Crippen LogP contribution < -0.4 is 0 Å². The summed E-state index contributed by atoms with van der Waals surface area (Å²) >= 11 is 4.47. The number of hydrogen-bond donors (Lipinski definition) is 0. The maximum atomic E-state index is 4.47. The van der Waals surface area contributed by atoms with Crippen LogP contribution in [0, 0.1) is 0 Å². The van der Waals surface area contributed by atoms with Crippen molar-refractivity contribution < 1.29 is 0 Å². The molecule has 2 nitrogen and oxygen atoms in total. The molecule has 0 rings (SSSR count). The Hall–Kier alpha value is -0.240. The van der Waals surface area contributed by atoms with Crippen LogP contribution in [-0.2, 0) is 0 Å². The van der Waals surface area contributed by atoms with Crippen molar-refractivity contribution in [3.63, 3.8) is 0 Å². The summed E-state index contributed by atoms with van der Waals surface area (Å²) in [7, 11) is 4.05. The molecule has 10 heavy (non-hydrogen) atoms. The predicted octanol–water partition coefficient (Wildman–Crippen LogP) is 1.43. The van der Waals surface area contributed by atoms with Crippen LogP contribution in [-0.4, -0.2) is 36.2 Å². The molecule has 0 atom stereocenters. The molecule has 0 N–H and O–H groups in total. The van der Waals surface area contributed by atoms with Gasteiger partial charge in [0, 0.05) is 5.54 Å². The highest BCUT2D eigenvalue weighted by molar-refractivity contribution is 7.78. The minimum Gasteiger partial charge on any atom is -0.302 e. The van der Waals surface area contributed by atoms with Crippen molar-refractivity contribution in [3.8, 4) is 0 Å². The normalized spacial score (nSPS) is 11.3. The van der Waals surface area contributed by atoms with Gasteiger partial charge in [0.15, 0.2) is 0 Å². The molecule has 0 aliphatic rings. The van der Waals surface area contributed by atoms with Crippen LogP contribution in [0.25, 0.3) is 0 Å². The van der Waals surface area contributed by atoms with Crippen molar-refractivity contribution in [1.82, 2.24) is 4.90 Å². The van der Waals surface area contributed by atoms with Crippen molar-refractivity contribution >= 4 is 17.4 Å². The van der Waals surface area contributed by atoms with Gasteiger partial charge in [0.1, 0.15) is 0 Å². The zero-order valence-corrected chi connectivity index (χ0v) is 7.83. The summed E-state index contributed by atoms with van der Waals surface area (Å²) in [5.41, 5.74) is 0.0891. The Labute approximate surface area is 67.9 Å². The van der Waals surface area contributed by atoms with Gasteiger partial charge in [0.2, 0.25) is 0 Å². The topological polar surface area (TPSA) is 15.6 Å². The molecule has 0 aliphatic heterocycles. The van der Waals surface area contributed by atoms with E-state index in [0.717, 1.165) is 0 Å². The Bertz CT molecular complexity index is 146. The lowest BCUT2D eigenvalue weighted by molar-refractivity contribution is 0.205. The zero-order chi connectivity index (χ0) is 8.20. The highest BCUT2D eigenvalue weighted by atomic mass is 32.1. The maximum absolute atomic E-state index is 4.47. The van der Waals surface area contributed by atoms with Crippen LogP contribution in [0.15, 0.2) is 4.99 Å². The van der Waals surface area contributed by atoms with Crippen LogP contribution in [0.4, 0.5) is 0 Å². The summed E-state index contributed by atoms with van der Waals surface area (Å²) in [5.74, 6) is 0. The van der Waals surface area contributed by atoms with Crippen molar-refractivity contribution in [2.75, 3.05) is 20.6 Å². The molecule has 0 radical (unpaired) electrons. The van der Waals surface area contributed by atoms with E-state index in [4.69, 9.17) is 0 Å². The first kappa shape index (κ1) is 9.76. The fourth-order valence-corrected chi connectivity index (χ4v) is 0.432. The average molecular weight is 158 g/mol. The highest BCUT2D eigenvalue weighted by Gasteiger charge is 2.18. The molecule has 0 aromatic heterocycles. The van der Waals surface area contributed by atoms with Gasteiger partial charge in [-0.2, -0.15) is 0 Å². The predicted molar refractivity (Wildman–Crippen MR) is 47.7 cm³/mol. The van der Waals surface area contributed by atoms with Gasteiger partial charge in [0.05, 0.1) is 11.7 Å². The number of thiocarbonyl (C=S) groups is 1. The van der Waals surface area contributed by atoms with Gasteiger partial charge in [-0.15, -0.1) is 0 Å². The first-order chi connectivity index (χ1) is 4.50. The fourth-order valence-electron chi connectivity index (χ4n) is 0.367. The minimum absolute atomic E-state index is 0.0891. The summed E-state index contributed by atoms with van der Waals surface area (Å²) in [4.78, 5) is 6.00. The molecule has 0 spiro atoms. The molecule has 0 fully saturated rings. The molecule has 3 heteroatoms. The second kappa shape index (κ2) is 3.81. The second-order valence-electron chi connectivity index (χ2n) is 3.11. The van der Waals surface area contributed by atoms with Gasteiger partial charge >= 0.3 is 0 Å². The SMILES string of the molecule is CN(C)C(C)(C)CN=C=S. The van der Waals surface area contributed by atoms with Crippen molar-refractivity contribution in [1.29, 1.82) is 0 Å². The Balaban J connectivity index is 3.98. The molecular weight excluding hydrogens is 144 g/mol. The van der Waals surface area contributed by atoms with Gasteiger partial charge in [-0.1, -0.05) is 0 Å².